The Morgan fingerprint density at radius 2 is 1.61 bits per heavy atom. The van der Waals surface area contributed by atoms with Crippen molar-refractivity contribution in [2.75, 3.05) is 10.2 Å². The molecule has 1 unspecified atom stereocenters. The van der Waals surface area contributed by atoms with Crippen molar-refractivity contribution in [3.05, 3.63) is 114 Å². The average Bonchev–Trinajstić information content (AvgIpc) is 3.68. The SMILES string of the molecule is CC[C@]1(c2ccccc2)C2=C(CC(C)(C)CC2=O)N(C2CCC[C@@]3(C4=C(CC(C)(C)CC4=O)Nc4ncsc43)c3ccccc32)c2nc(Cl)sc21. The second-order valence-electron chi connectivity index (χ2n) is 16.7. The number of anilines is 2. The van der Waals surface area contributed by atoms with Crippen molar-refractivity contribution in [3.63, 3.8) is 0 Å². The van der Waals surface area contributed by atoms with Crippen LogP contribution in [-0.2, 0) is 20.4 Å². The van der Waals surface area contributed by atoms with Crippen molar-refractivity contribution >= 4 is 57.5 Å². The molecule has 4 aromatic rings. The molecule has 0 fully saturated rings. The topological polar surface area (TPSA) is 75.2 Å². The number of Topliss-reactive ketones (excluding diaryl/α,β-unsaturated/α-hetero) is 2. The summed E-state index contributed by atoms with van der Waals surface area (Å²) in [5.74, 6) is 2.19. The van der Waals surface area contributed by atoms with E-state index in [1.54, 1.807) is 11.3 Å². The van der Waals surface area contributed by atoms with Crippen molar-refractivity contribution in [3.8, 4) is 0 Å². The van der Waals surface area contributed by atoms with Crippen molar-refractivity contribution in [1.29, 1.82) is 0 Å². The van der Waals surface area contributed by atoms with Crippen LogP contribution in [-0.4, -0.2) is 21.5 Å². The Bertz CT molecular complexity index is 2200. The molecule has 51 heavy (non-hydrogen) atoms. The molecule has 2 aromatic carbocycles. The molecule has 4 heterocycles. The highest BCUT2D eigenvalue weighted by atomic mass is 35.5. The van der Waals surface area contributed by atoms with Crippen LogP contribution in [0.5, 0.6) is 0 Å². The summed E-state index contributed by atoms with van der Waals surface area (Å²) in [4.78, 5) is 43.8. The summed E-state index contributed by atoms with van der Waals surface area (Å²) < 4.78 is 0.488. The maximum atomic E-state index is 14.8. The number of aromatic nitrogens is 2. The van der Waals surface area contributed by atoms with E-state index >= 15 is 0 Å². The monoisotopic (exact) mass is 734 g/mol. The highest BCUT2D eigenvalue weighted by Gasteiger charge is 2.57. The van der Waals surface area contributed by atoms with Gasteiger partial charge in [-0.05, 0) is 66.0 Å². The molecule has 5 aliphatic rings. The van der Waals surface area contributed by atoms with Gasteiger partial charge in [-0.3, -0.25) is 9.59 Å². The van der Waals surface area contributed by atoms with Crippen LogP contribution in [0.2, 0.25) is 4.47 Å². The molecule has 1 spiro atoms. The van der Waals surface area contributed by atoms with Crippen LogP contribution in [0.1, 0.15) is 118 Å². The van der Waals surface area contributed by atoms with E-state index in [1.165, 1.54) is 22.5 Å². The lowest BCUT2D eigenvalue weighted by Gasteiger charge is -2.50. The lowest BCUT2D eigenvalue weighted by atomic mass is 9.61. The Morgan fingerprint density at radius 3 is 2.37 bits per heavy atom. The van der Waals surface area contributed by atoms with Crippen LogP contribution in [0.4, 0.5) is 11.6 Å². The molecule has 1 N–H and O–H groups in total. The summed E-state index contributed by atoms with van der Waals surface area (Å²) in [7, 11) is 0. The van der Waals surface area contributed by atoms with Crippen LogP contribution in [0.25, 0.3) is 0 Å². The Kier molecular flexibility index (Phi) is 7.47. The van der Waals surface area contributed by atoms with Gasteiger partial charge in [0.1, 0.15) is 5.82 Å². The number of hydrogen-bond acceptors (Lipinski definition) is 8. The first-order chi connectivity index (χ1) is 24.4. The van der Waals surface area contributed by atoms with Gasteiger partial charge in [0, 0.05) is 35.4 Å². The fourth-order valence-electron chi connectivity index (χ4n) is 10.4. The van der Waals surface area contributed by atoms with E-state index in [-0.39, 0.29) is 28.4 Å². The van der Waals surface area contributed by atoms with Gasteiger partial charge in [0.25, 0.3) is 0 Å². The molecule has 0 bridgehead atoms. The van der Waals surface area contributed by atoms with Crippen LogP contribution >= 0.6 is 34.3 Å². The van der Waals surface area contributed by atoms with Crippen molar-refractivity contribution in [2.24, 2.45) is 10.8 Å². The van der Waals surface area contributed by atoms with Crippen molar-refractivity contribution < 1.29 is 9.59 Å². The fourth-order valence-corrected chi connectivity index (χ4v) is 12.8. The molecular formula is C42H43ClN4O2S2. The van der Waals surface area contributed by atoms with E-state index in [0.29, 0.717) is 17.3 Å². The number of benzene rings is 2. The Hall–Kier alpha value is -3.59. The average molecular weight is 735 g/mol. The summed E-state index contributed by atoms with van der Waals surface area (Å²) in [6.07, 6.45) is 5.83. The van der Waals surface area contributed by atoms with E-state index in [1.807, 2.05) is 11.6 Å². The van der Waals surface area contributed by atoms with Gasteiger partial charge in [-0.25, -0.2) is 9.97 Å². The minimum atomic E-state index is -0.639. The molecule has 0 radical (unpaired) electrons. The normalized spacial score (nSPS) is 27.6. The summed E-state index contributed by atoms with van der Waals surface area (Å²) in [5.41, 5.74) is 7.71. The Balaban J connectivity index is 1.32. The van der Waals surface area contributed by atoms with Crippen LogP contribution in [0.15, 0.2) is 82.6 Å². The number of carbonyl (C=O) groups excluding carboxylic acids is 2. The standard InChI is InChI=1S/C42H43ClN4O2S2/c1-6-41(24-13-8-7-9-14-24)33-29(20-40(4,5)22-31(33)49)47(37-35(41)51-38(43)46-37)28-17-12-18-42(26-16-11-10-15-25(26)28)32-27(19-39(2,3)21-30(32)48)45-36-34(42)50-23-44-36/h7-11,13-16,23,28,45H,6,12,17-22H2,1-5H3/t28?,41-,42-/m0/s1. The zero-order valence-corrected chi connectivity index (χ0v) is 32.2. The van der Waals surface area contributed by atoms with Gasteiger partial charge in [0.15, 0.2) is 21.9 Å². The number of rotatable bonds is 3. The number of thiazole rings is 2. The molecule has 2 aliphatic heterocycles. The summed E-state index contributed by atoms with van der Waals surface area (Å²) >= 11 is 10.1. The zero-order chi connectivity index (χ0) is 35.5. The van der Waals surface area contributed by atoms with Gasteiger partial charge in [-0.2, -0.15) is 0 Å². The summed E-state index contributed by atoms with van der Waals surface area (Å²) in [6, 6.07) is 19.2. The summed E-state index contributed by atoms with van der Waals surface area (Å²) in [5, 5.41) is 3.64. The van der Waals surface area contributed by atoms with E-state index in [4.69, 9.17) is 21.6 Å². The molecule has 9 heteroatoms. The molecule has 6 nitrogen and oxygen atoms in total. The van der Waals surface area contributed by atoms with Gasteiger partial charge in [0.2, 0.25) is 0 Å². The second kappa shape index (κ2) is 11.5. The quantitative estimate of drug-likeness (QED) is 0.226. The molecule has 3 atom stereocenters. The zero-order valence-electron chi connectivity index (χ0n) is 29.9. The van der Waals surface area contributed by atoms with E-state index in [0.717, 1.165) is 88.0 Å². The molecule has 9 rings (SSSR count). The largest absolute Gasteiger partial charge is 0.342 e. The number of halogens is 1. The predicted octanol–water partition coefficient (Wildman–Crippen LogP) is 10.7. The first kappa shape index (κ1) is 33.3. The third-order valence-electron chi connectivity index (χ3n) is 12.2. The molecule has 0 saturated heterocycles. The van der Waals surface area contributed by atoms with Gasteiger partial charge in [0.05, 0.1) is 32.1 Å². The second-order valence-corrected chi connectivity index (χ2v) is 19.2. The Labute approximate surface area is 313 Å². The highest BCUT2D eigenvalue weighted by molar-refractivity contribution is 7.16. The number of ketones is 2. The third-order valence-corrected chi connectivity index (χ3v) is 14.5. The summed E-state index contributed by atoms with van der Waals surface area (Å²) in [6.45, 7) is 11.0. The lowest BCUT2D eigenvalue weighted by Crippen LogP contribution is -2.48. The number of fused-ring (bicyclic) bond motifs is 6. The number of hydrogen-bond donors (Lipinski definition) is 1. The minimum absolute atomic E-state index is 0.111. The first-order valence-electron chi connectivity index (χ1n) is 18.3. The van der Waals surface area contributed by atoms with Crippen LogP contribution in [0.3, 0.4) is 0 Å². The smallest absolute Gasteiger partial charge is 0.185 e. The third kappa shape index (κ3) is 4.71. The molecule has 0 saturated carbocycles. The van der Waals surface area contributed by atoms with Crippen molar-refractivity contribution in [1.82, 2.24) is 9.97 Å². The molecule has 3 aliphatic carbocycles. The molecule has 262 valence electrons. The van der Waals surface area contributed by atoms with E-state index in [2.05, 4.69) is 93.4 Å². The van der Waals surface area contributed by atoms with E-state index in [9.17, 15) is 9.59 Å². The van der Waals surface area contributed by atoms with Gasteiger partial charge in [-0.1, -0.05) is 101 Å². The van der Waals surface area contributed by atoms with Gasteiger partial charge in [-0.15, -0.1) is 22.7 Å². The maximum absolute atomic E-state index is 14.8. The number of carbonyl (C=O) groups is 2. The van der Waals surface area contributed by atoms with E-state index < -0.39 is 10.8 Å². The minimum Gasteiger partial charge on any atom is -0.342 e. The maximum Gasteiger partial charge on any atom is 0.185 e. The first-order valence-corrected chi connectivity index (χ1v) is 20.3. The Morgan fingerprint density at radius 1 is 0.902 bits per heavy atom. The van der Waals surface area contributed by atoms with Gasteiger partial charge < -0.3 is 10.2 Å². The number of allylic oxidation sites excluding steroid dienone is 4. The number of nitrogens with zero attached hydrogens (tertiary/aromatic N) is 3. The fraction of sp³-hybridized carbons (Fsp3) is 0.429. The molecule has 0 amide bonds. The van der Waals surface area contributed by atoms with Crippen LogP contribution < -0.4 is 10.2 Å². The van der Waals surface area contributed by atoms with Gasteiger partial charge >= 0.3 is 0 Å². The highest BCUT2D eigenvalue weighted by Crippen LogP contribution is 2.63. The van der Waals surface area contributed by atoms with Crippen LogP contribution in [0, 0.1) is 10.8 Å². The predicted molar refractivity (Wildman–Crippen MR) is 207 cm³/mol. The lowest BCUT2D eigenvalue weighted by molar-refractivity contribution is -0.119. The molecule has 2 aromatic heterocycles. The number of nitrogens with one attached hydrogen (secondary N) is 1. The van der Waals surface area contributed by atoms with Crippen molar-refractivity contribution in [2.45, 2.75) is 103 Å². The molecular weight excluding hydrogens is 692 g/mol.